The van der Waals surface area contributed by atoms with Crippen LogP contribution in [0.5, 0.6) is 11.5 Å². The molecular formula is C25H26N4O4. The van der Waals surface area contributed by atoms with Gasteiger partial charge in [0.1, 0.15) is 0 Å². The number of ether oxygens (including phenoxy) is 2. The number of amides is 2. The fraction of sp³-hybridized carbons (Fsp3) is 0.320. The lowest BCUT2D eigenvalue weighted by atomic mass is 9.85. The zero-order valence-corrected chi connectivity index (χ0v) is 18.2. The van der Waals surface area contributed by atoms with Crippen LogP contribution in [0.2, 0.25) is 0 Å². The Bertz CT molecular complexity index is 1160. The lowest BCUT2D eigenvalue weighted by Gasteiger charge is -2.29. The molecule has 8 nitrogen and oxygen atoms in total. The van der Waals surface area contributed by atoms with Crippen LogP contribution in [-0.4, -0.2) is 34.3 Å². The summed E-state index contributed by atoms with van der Waals surface area (Å²) >= 11 is 0. The summed E-state index contributed by atoms with van der Waals surface area (Å²) in [7, 11) is 0. The molecule has 170 valence electrons. The van der Waals surface area contributed by atoms with Crippen LogP contribution in [0, 0.1) is 0 Å². The Morgan fingerprint density at radius 2 is 1.94 bits per heavy atom. The number of nitrogens with one attached hydrogen (secondary N) is 3. The van der Waals surface area contributed by atoms with Crippen LogP contribution in [-0.2, 0) is 22.6 Å². The number of aromatic nitrogens is 2. The molecule has 1 saturated heterocycles. The quantitative estimate of drug-likeness (QED) is 0.493. The van der Waals surface area contributed by atoms with Gasteiger partial charge in [-0.2, -0.15) is 5.10 Å². The molecule has 33 heavy (non-hydrogen) atoms. The van der Waals surface area contributed by atoms with E-state index in [0.717, 1.165) is 34.0 Å². The van der Waals surface area contributed by atoms with Crippen molar-refractivity contribution in [3.63, 3.8) is 0 Å². The Morgan fingerprint density at radius 3 is 2.76 bits per heavy atom. The number of carbonyl (C=O) groups is 2. The first-order chi connectivity index (χ1) is 16.1. The van der Waals surface area contributed by atoms with Gasteiger partial charge in [0.2, 0.25) is 18.6 Å². The Hall–Kier alpha value is -3.81. The number of benzene rings is 2. The average molecular weight is 447 g/mol. The molecule has 3 heterocycles. The third-order valence-corrected chi connectivity index (χ3v) is 6.22. The molecule has 0 radical (unpaired) electrons. The van der Waals surface area contributed by atoms with Gasteiger partial charge in [0.25, 0.3) is 0 Å². The number of hydrogen-bond donors (Lipinski definition) is 3. The van der Waals surface area contributed by atoms with Gasteiger partial charge in [-0.1, -0.05) is 36.4 Å². The fourth-order valence-corrected chi connectivity index (χ4v) is 4.47. The van der Waals surface area contributed by atoms with Crippen molar-refractivity contribution in [1.82, 2.24) is 20.8 Å². The van der Waals surface area contributed by atoms with Gasteiger partial charge in [-0.15, -0.1) is 0 Å². The molecule has 2 aliphatic heterocycles. The Labute approximate surface area is 191 Å². The Balaban J connectivity index is 1.17. The van der Waals surface area contributed by atoms with Gasteiger partial charge in [0.15, 0.2) is 11.5 Å². The van der Waals surface area contributed by atoms with Gasteiger partial charge in [0.05, 0.1) is 17.9 Å². The maximum atomic E-state index is 12.6. The second-order valence-corrected chi connectivity index (χ2v) is 8.61. The highest BCUT2D eigenvalue weighted by atomic mass is 16.7. The molecule has 0 aliphatic carbocycles. The largest absolute Gasteiger partial charge is 0.454 e. The normalized spacial score (nSPS) is 18.8. The summed E-state index contributed by atoms with van der Waals surface area (Å²) in [5.41, 5.74) is 3.32. The highest BCUT2D eigenvalue weighted by molar-refractivity contribution is 5.80. The summed E-state index contributed by atoms with van der Waals surface area (Å²) < 4.78 is 10.9. The molecule has 8 heteroatoms. The SMILES string of the molecule is O=C(CCC1(Cc2ccc3c(c2)OCO3)CCC(=O)N1)NCc1cc(-c2ccccc2)n[nH]1. The number of carbonyl (C=O) groups excluding carboxylic acids is 2. The third kappa shape index (κ3) is 4.84. The summed E-state index contributed by atoms with van der Waals surface area (Å²) in [6.07, 6.45) is 2.71. The summed E-state index contributed by atoms with van der Waals surface area (Å²) in [4.78, 5) is 24.6. The Kier molecular flexibility index (Phi) is 5.73. The smallest absolute Gasteiger partial charge is 0.231 e. The van der Waals surface area contributed by atoms with E-state index < -0.39 is 5.54 Å². The first kappa shape index (κ1) is 21.1. The lowest BCUT2D eigenvalue weighted by Crippen LogP contribution is -2.44. The number of H-pyrrole nitrogens is 1. The second kappa shape index (κ2) is 8.97. The van der Waals surface area contributed by atoms with Crippen molar-refractivity contribution in [1.29, 1.82) is 0 Å². The number of hydrogen-bond acceptors (Lipinski definition) is 5. The molecule has 2 amide bonds. The van der Waals surface area contributed by atoms with Crippen LogP contribution in [0.3, 0.4) is 0 Å². The van der Waals surface area contributed by atoms with E-state index >= 15 is 0 Å². The molecule has 0 saturated carbocycles. The van der Waals surface area contributed by atoms with Gasteiger partial charge in [0, 0.05) is 23.9 Å². The van der Waals surface area contributed by atoms with E-state index in [1.165, 1.54) is 0 Å². The third-order valence-electron chi connectivity index (χ3n) is 6.22. The van der Waals surface area contributed by atoms with Crippen molar-refractivity contribution in [2.45, 2.75) is 44.2 Å². The summed E-state index contributed by atoms with van der Waals surface area (Å²) in [5.74, 6) is 1.43. The van der Waals surface area contributed by atoms with Crippen LogP contribution in [0.1, 0.15) is 36.9 Å². The van der Waals surface area contributed by atoms with E-state index in [9.17, 15) is 9.59 Å². The van der Waals surface area contributed by atoms with Gasteiger partial charge >= 0.3 is 0 Å². The van der Waals surface area contributed by atoms with E-state index in [2.05, 4.69) is 20.8 Å². The molecule has 3 aromatic rings. The minimum absolute atomic E-state index is 0.0297. The average Bonchev–Trinajstić information content (AvgIpc) is 3.57. The minimum Gasteiger partial charge on any atom is -0.454 e. The van der Waals surface area contributed by atoms with Crippen LogP contribution >= 0.6 is 0 Å². The summed E-state index contributed by atoms with van der Waals surface area (Å²) in [6.45, 7) is 0.601. The van der Waals surface area contributed by atoms with Gasteiger partial charge < -0.3 is 20.1 Å². The molecule has 2 aromatic carbocycles. The highest BCUT2D eigenvalue weighted by Crippen LogP contribution is 2.36. The monoisotopic (exact) mass is 446 g/mol. The Morgan fingerprint density at radius 1 is 1.09 bits per heavy atom. The van der Waals surface area contributed by atoms with E-state index in [1.54, 1.807) is 0 Å². The number of fused-ring (bicyclic) bond motifs is 1. The van der Waals surface area contributed by atoms with Crippen LogP contribution in [0.25, 0.3) is 11.3 Å². The van der Waals surface area contributed by atoms with Crippen molar-refractivity contribution < 1.29 is 19.1 Å². The van der Waals surface area contributed by atoms with E-state index in [0.29, 0.717) is 38.6 Å². The molecule has 3 N–H and O–H groups in total. The summed E-state index contributed by atoms with van der Waals surface area (Å²) in [6, 6.07) is 17.7. The van der Waals surface area contributed by atoms with Crippen molar-refractivity contribution in [3.05, 3.63) is 65.9 Å². The standard InChI is InChI=1S/C25H26N4O4/c30-23(26-15-19-13-20(29-28-19)18-4-2-1-3-5-18)8-10-25(11-9-24(31)27-25)14-17-6-7-21-22(12-17)33-16-32-21/h1-7,12-13H,8-11,14-16H2,(H,26,30)(H,27,31)(H,28,29). The van der Waals surface area contributed by atoms with Crippen molar-refractivity contribution in [3.8, 4) is 22.8 Å². The topological polar surface area (TPSA) is 105 Å². The van der Waals surface area contributed by atoms with E-state index in [4.69, 9.17) is 9.47 Å². The highest BCUT2D eigenvalue weighted by Gasteiger charge is 2.38. The van der Waals surface area contributed by atoms with Crippen LogP contribution in [0.4, 0.5) is 0 Å². The van der Waals surface area contributed by atoms with Gasteiger partial charge in [-0.05, 0) is 43.0 Å². The van der Waals surface area contributed by atoms with E-state index in [-0.39, 0.29) is 18.6 Å². The number of nitrogens with zero attached hydrogens (tertiary/aromatic N) is 1. The first-order valence-electron chi connectivity index (χ1n) is 11.1. The zero-order chi connectivity index (χ0) is 22.7. The van der Waals surface area contributed by atoms with Gasteiger partial charge in [-0.3, -0.25) is 14.7 Å². The summed E-state index contributed by atoms with van der Waals surface area (Å²) in [5, 5.41) is 13.4. The molecular weight excluding hydrogens is 420 g/mol. The number of aromatic amines is 1. The molecule has 2 aliphatic rings. The van der Waals surface area contributed by atoms with E-state index in [1.807, 2.05) is 54.6 Å². The predicted molar refractivity (Wildman–Crippen MR) is 121 cm³/mol. The lowest BCUT2D eigenvalue weighted by molar-refractivity contribution is -0.122. The fourth-order valence-electron chi connectivity index (χ4n) is 4.47. The molecule has 0 bridgehead atoms. The molecule has 1 fully saturated rings. The second-order valence-electron chi connectivity index (χ2n) is 8.61. The maximum absolute atomic E-state index is 12.6. The van der Waals surface area contributed by atoms with Crippen molar-refractivity contribution in [2.75, 3.05) is 6.79 Å². The van der Waals surface area contributed by atoms with Crippen molar-refractivity contribution in [2.24, 2.45) is 0 Å². The molecule has 1 atom stereocenters. The predicted octanol–water partition coefficient (Wildman–Crippen LogP) is 3.09. The van der Waals surface area contributed by atoms with Crippen LogP contribution in [0.15, 0.2) is 54.6 Å². The molecule has 0 spiro atoms. The molecule has 1 unspecified atom stereocenters. The first-order valence-corrected chi connectivity index (χ1v) is 11.1. The maximum Gasteiger partial charge on any atom is 0.231 e. The number of rotatable bonds is 8. The molecule has 5 rings (SSSR count). The molecule has 1 aromatic heterocycles. The van der Waals surface area contributed by atoms with Crippen molar-refractivity contribution >= 4 is 11.8 Å². The zero-order valence-electron chi connectivity index (χ0n) is 18.2. The van der Waals surface area contributed by atoms with Gasteiger partial charge in [-0.25, -0.2) is 0 Å². The van der Waals surface area contributed by atoms with Crippen LogP contribution < -0.4 is 20.1 Å². The minimum atomic E-state index is -0.434.